The Kier molecular flexibility index (Phi) is 10.1. The number of piperazine rings is 1. The number of nitrogens with zero attached hydrogens (tertiary/aromatic N) is 4. The number of rotatable bonds is 7. The highest BCUT2D eigenvalue weighted by Crippen LogP contribution is 2.09. The molecule has 2 fully saturated rings. The molecule has 1 N–H and O–H groups in total. The van der Waals surface area contributed by atoms with E-state index < -0.39 is 0 Å². The Morgan fingerprint density at radius 1 is 1.14 bits per heavy atom. The lowest BCUT2D eigenvalue weighted by Crippen LogP contribution is -2.54. The molecule has 0 aliphatic carbocycles. The van der Waals surface area contributed by atoms with Gasteiger partial charge in [-0.1, -0.05) is 6.92 Å². The van der Waals surface area contributed by atoms with Crippen LogP contribution in [0, 0.1) is 0 Å². The van der Waals surface area contributed by atoms with E-state index in [0.717, 1.165) is 89.8 Å². The molecule has 0 radical (unpaired) electrons. The third-order valence-corrected chi connectivity index (χ3v) is 5.21. The van der Waals surface area contributed by atoms with Crippen LogP contribution in [0.1, 0.15) is 31.9 Å². The number of guanidine groups is 1. The lowest BCUT2D eigenvalue weighted by atomic mass is 10.3. The van der Waals surface area contributed by atoms with Crippen molar-refractivity contribution in [1.29, 1.82) is 0 Å². The van der Waals surface area contributed by atoms with Crippen molar-refractivity contribution in [2.24, 2.45) is 4.99 Å². The van der Waals surface area contributed by atoms with Crippen molar-refractivity contribution in [3.8, 4) is 0 Å². The Hall–Kier alpha value is -1.29. The fourth-order valence-electron chi connectivity index (χ4n) is 3.61. The van der Waals surface area contributed by atoms with Gasteiger partial charge in [-0.25, -0.2) is 0 Å². The number of halogens is 1. The van der Waals surface area contributed by atoms with Crippen molar-refractivity contribution in [1.82, 2.24) is 20.0 Å². The summed E-state index contributed by atoms with van der Waals surface area (Å²) < 4.78 is 5.40. The van der Waals surface area contributed by atoms with E-state index in [1.807, 2.05) is 17.0 Å². The van der Waals surface area contributed by atoms with E-state index in [9.17, 15) is 4.79 Å². The van der Waals surface area contributed by atoms with Crippen molar-refractivity contribution in [2.75, 3.05) is 58.9 Å². The monoisotopic (exact) mass is 503 g/mol. The quantitative estimate of drug-likeness (QED) is 0.351. The number of amides is 1. The molecule has 2 aliphatic heterocycles. The molecule has 3 rings (SSSR count). The van der Waals surface area contributed by atoms with Gasteiger partial charge in [0.1, 0.15) is 5.76 Å². The molecule has 0 spiro atoms. The third kappa shape index (κ3) is 6.95. The summed E-state index contributed by atoms with van der Waals surface area (Å²) >= 11 is 0. The average molecular weight is 503 g/mol. The maximum Gasteiger partial charge on any atom is 0.236 e. The van der Waals surface area contributed by atoms with Gasteiger partial charge < -0.3 is 19.5 Å². The van der Waals surface area contributed by atoms with E-state index >= 15 is 0 Å². The summed E-state index contributed by atoms with van der Waals surface area (Å²) in [5, 5.41) is 3.49. The number of furan rings is 1. The molecular formula is C20H34IN5O2. The van der Waals surface area contributed by atoms with Crippen molar-refractivity contribution in [3.05, 3.63) is 24.2 Å². The van der Waals surface area contributed by atoms with Crippen LogP contribution in [0.3, 0.4) is 0 Å². The first-order valence-corrected chi connectivity index (χ1v) is 10.3. The highest BCUT2D eigenvalue weighted by Gasteiger charge is 2.24. The molecule has 1 aromatic rings. The number of hydrogen-bond acceptors (Lipinski definition) is 4. The molecule has 0 atom stereocenters. The number of carbonyl (C=O) groups is 1. The Bertz CT molecular complexity index is 594. The zero-order valence-corrected chi connectivity index (χ0v) is 19.3. The Morgan fingerprint density at radius 3 is 2.54 bits per heavy atom. The first kappa shape index (κ1) is 23.0. The van der Waals surface area contributed by atoms with Gasteiger partial charge in [-0.05, 0) is 31.4 Å². The van der Waals surface area contributed by atoms with Gasteiger partial charge in [0.05, 0.1) is 12.8 Å². The second-order valence-corrected chi connectivity index (χ2v) is 7.31. The van der Waals surface area contributed by atoms with Crippen LogP contribution in [0.15, 0.2) is 27.8 Å². The van der Waals surface area contributed by atoms with E-state index in [4.69, 9.17) is 9.41 Å². The van der Waals surface area contributed by atoms with Crippen LogP contribution in [0.25, 0.3) is 0 Å². The van der Waals surface area contributed by atoms with E-state index in [2.05, 4.69) is 22.0 Å². The molecule has 1 amide bonds. The third-order valence-electron chi connectivity index (χ3n) is 5.21. The molecule has 0 unspecified atom stereocenters. The molecule has 158 valence electrons. The highest BCUT2D eigenvalue weighted by molar-refractivity contribution is 14.0. The molecule has 7 nitrogen and oxygen atoms in total. The van der Waals surface area contributed by atoms with Gasteiger partial charge in [0, 0.05) is 58.8 Å². The van der Waals surface area contributed by atoms with Crippen LogP contribution >= 0.6 is 24.0 Å². The van der Waals surface area contributed by atoms with Crippen LogP contribution in [0.4, 0.5) is 0 Å². The number of nitrogens with one attached hydrogen (secondary N) is 1. The van der Waals surface area contributed by atoms with Crippen molar-refractivity contribution in [2.45, 2.75) is 32.6 Å². The normalized spacial score (nSPS) is 18.2. The molecule has 2 saturated heterocycles. The van der Waals surface area contributed by atoms with Gasteiger partial charge in [-0.2, -0.15) is 0 Å². The molecule has 0 saturated carbocycles. The van der Waals surface area contributed by atoms with Crippen LogP contribution in [-0.2, 0) is 11.2 Å². The topological polar surface area (TPSA) is 64.3 Å². The van der Waals surface area contributed by atoms with E-state index in [0.29, 0.717) is 6.54 Å². The summed E-state index contributed by atoms with van der Waals surface area (Å²) in [4.78, 5) is 23.7. The van der Waals surface area contributed by atoms with Crippen LogP contribution in [-0.4, -0.2) is 85.5 Å². The SMILES string of the molecule is CCCN=C(NCCc1ccco1)N1CCN(CC(=O)N2CCCC2)CC1.I. The predicted octanol–water partition coefficient (Wildman–Crippen LogP) is 2.04. The van der Waals surface area contributed by atoms with Crippen LogP contribution < -0.4 is 5.32 Å². The molecule has 0 aromatic carbocycles. The van der Waals surface area contributed by atoms with Crippen LogP contribution in [0.5, 0.6) is 0 Å². The summed E-state index contributed by atoms with van der Waals surface area (Å²) in [7, 11) is 0. The lowest BCUT2D eigenvalue weighted by molar-refractivity contribution is -0.131. The maximum atomic E-state index is 12.3. The largest absolute Gasteiger partial charge is 0.469 e. The van der Waals surface area contributed by atoms with Gasteiger partial charge in [0.15, 0.2) is 5.96 Å². The summed E-state index contributed by atoms with van der Waals surface area (Å²) in [5.74, 6) is 2.26. The fraction of sp³-hybridized carbons (Fsp3) is 0.700. The Labute approximate surface area is 185 Å². The van der Waals surface area contributed by atoms with E-state index in [-0.39, 0.29) is 29.9 Å². The van der Waals surface area contributed by atoms with Gasteiger partial charge >= 0.3 is 0 Å². The Morgan fingerprint density at radius 2 is 1.89 bits per heavy atom. The Balaban J connectivity index is 0.00000280. The van der Waals surface area contributed by atoms with Crippen molar-refractivity contribution in [3.63, 3.8) is 0 Å². The highest BCUT2D eigenvalue weighted by atomic mass is 127. The summed E-state index contributed by atoms with van der Waals surface area (Å²) in [6.07, 6.45) is 5.90. The number of hydrogen-bond donors (Lipinski definition) is 1. The zero-order chi connectivity index (χ0) is 18.9. The zero-order valence-electron chi connectivity index (χ0n) is 16.9. The number of carbonyl (C=O) groups excluding carboxylic acids is 1. The minimum absolute atomic E-state index is 0. The first-order valence-electron chi connectivity index (χ1n) is 10.3. The second-order valence-electron chi connectivity index (χ2n) is 7.31. The molecule has 2 aliphatic rings. The minimum Gasteiger partial charge on any atom is -0.469 e. The molecule has 1 aromatic heterocycles. The molecule has 3 heterocycles. The first-order chi connectivity index (χ1) is 13.3. The van der Waals surface area contributed by atoms with Gasteiger partial charge in [-0.15, -0.1) is 24.0 Å². The number of aliphatic imine (C=N–C) groups is 1. The van der Waals surface area contributed by atoms with E-state index in [1.165, 1.54) is 0 Å². The molecule has 28 heavy (non-hydrogen) atoms. The van der Waals surface area contributed by atoms with Gasteiger partial charge in [0.25, 0.3) is 0 Å². The smallest absolute Gasteiger partial charge is 0.236 e. The second kappa shape index (κ2) is 12.3. The molecule has 8 heteroatoms. The van der Waals surface area contributed by atoms with Crippen LogP contribution in [0.2, 0.25) is 0 Å². The molecule has 0 bridgehead atoms. The predicted molar refractivity (Wildman–Crippen MR) is 122 cm³/mol. The minimum atomic E-state index is 0. The average Bonchev–Trinajstić information content (AvgIpc) is 3.39. The van der Waals surface area contributed by atoms with Crippen molar-refractivity contribution >= 4 is 35.8 Å². The summed E-state index contributed by atoms with van der Waals surface area (Å²) in [6, 6.07) is 3.92. The fourth-order valence-corrected chi connectivity index (χ4v) is 3.61. The van der Waals surface area contributed by atoms with E-state index in [1.54, 1.807) is 6.26 Å². The summed E-state index contributed by atoms with van der Waals surface area (Å²) in [5.41, 5.74) is 0. The van der Waals surface area contributed by atoms with Crippen molar-refractivity contribution < 1.29 is 9.21 Å². The lowest BCUT2D eigenvalue weighted by Gasteiger charge is -2.36. The standard InChI is InChI=1S/C20H33N5O2.HI/c1-2-8-21-20(22-9-7-18-6-5-16-27-18)25-14-12-23(13-15-25)17-19(26)24-10-3-4-11-24;/h5-6,16H,2-4,7-15,17H2,1H3,(H,21,22);1H. The summed E-state index contributed by atoms with van der Waals surface area (Å²) in [6.45, 7) is 9.84. The number of likely N-dealkylation sites (tertiary alicyclic amines) is 1. The van der Waals surface area contributed by atoms with Gasteiger partial charge in [-0.3, -0.25) is 14.7 Å². The van der Waals surface area contributed by atoms with Gasteiger partial charge in [0.2, 0.25) is 5.91 Å². The molecular weight excluding hydrogens is 469 g/mol. The maximum absolute atomic E-state index is 12.3.